The number of rotatable bonds is 5. The minimum Gasteiger partial charge on any atom is -0.368 e. The lowest BCUT2D eigenvalue weighted by Crippen LogP contribution is -2.39. The summed E-state index contributed by atoms with van der Waals surface area (Å²) in [4.78, 5) is 24.6. The van der Waals surface area contributed by atoms with Crippen LogP contribution >= 0.6 is 11.6 Å². The number of halogens is 1. The fraction of sp³-hybridized carbons (Fsp3) is 0.556. The molecule has 7 nitrogen and oxygen atoms in total. The number of carbonyl (C=O) groups excluding carboxylic acids is 1. The Labute approximate surface area is 104 Å². The van der Waals surface area contributed by atoms with E-state index in [9.17, 15) is 4.79 Å². The Morgan fingerprint density at radius 1 is 1.47 bits per heavy atom. The molecule has 0 saturated carbocycles. The van der Waals surface area contributed by atoms with Crippen LogP contribution in [0, 0.1) is 0 Å². The molecular weight excluding hydrogens is 244 g/mol. The summed E-state index contributed by atoms with van der Waals surface area (Å²) >= 11 is 5.77. The van der Waals surface area contributed by atoms with Crippen LogP contribution in [-0.2, 0) is 4.79 Å². The van der Waals surface area contributed by atoms with Gasteiger partial charge in [-0.25, -0.2) is 0 Å². The highest BCUT2D eigenvalue weighted by Gasteiger charge is 2.17. The topological polar surface area (TPSA) is 97.0 Å². The zero-order valence-electron chi connectivity index (χ0n) is 9.94. The van der Waals surface area contributed by atoms with Gasteiger partial charge in [-0.2, -0.15) is 15.0 Å². The van der Waals surface area contributed by atoms with Gasteiger partial charge in [-0.3, -0.25) is 4.79 Å². The Kier molecular flexibility index (Phi) is 4.45. The smallest absolute Gasteiger partial charge is 0.237 e. The normalized spacial score (nSPS) is 10.4. The van der Waals surface area contributed by atoms with Gasteiger partial charge in [0, 0.05) is 13.1 Å². The first-order chi connectivity index (χ1) is 7.93. The molecule has 94 valence electrons. The Hall–Kier alpha value is -1.63. The summed E-state index contributed by atoms with van der Waals surface area (Å²) in [5, 5.41) is 2.83. The fourth-order valence-electron chi connectivity index (χ4n) is 1.23. The summed E-state index contributed by atoms with van der Waals surface area (Å²) in [5.41, 5.74) is 5.18. The van der Waals surface area contributed by atoms with Crippen LogP contribution in [0.4, 0.5) is 11.9 Å². The second-order valence-corrected chi connectivity index (χ2v) is 4.00. The van der Waals surface area contributed by atoms with E-state index >= 15 is 0 Å². The maximum atomic E-state index is 11.0. The van der Waals surface area contributed by atoms with Gasteiger partial charge >= 0.3 is 0 Å². The maximum absolute atomic E-state index is 11.0. The second kappa shape index (κ2) is 5.62. The predicted octanol–water partition coefficient (Wildman–Crippen LogP) is 0.267. The van der Waals surface area contributed by atoms with Gasteiger partial charge in [-0.05, 0) is 25.4 Å². The van der Waals surface area contributed by atoms with E-state index in [1.807, 2.05) is 13.8 Å². The van der Waals surface area contributed by atoms with Crippen molar-refractivity contribution in [1.29, 1.82) is 0 Å². The molecule has 0 aliphatic rings. The summed E-state index contributed by atoms with van der Waals surface area (Å²) in [6.45, 7) is 3.83. The van der Waals surface area contributed by atoms with Crippen molar-refractivity contribution in [3.63, 3.8) is 0 Å². The zero-order valence-corrected chi connectivity index (χ0v) is 10.7. The average molecular weight is 259 g/mol. The Bertz CT molecular complexity index is 410. The fourth-order valence-corrected chi connectivity index (χ4v) is 1.39. The highest BCUT2D eigenvalue weighted by molar-refractivity contribution is 6.28. The molecule has 0 unspecified atom stereocenters. The maximum Gasteiger partial charge on any atom is 0.237 e. The predicted molar refractivity (Wildman–Crippen MR) is 66.1 cm³/mol. The van der Waals surface area contributed by atoms with Crippen LogP contribution in [-0.4, -0.2) is 40.5 Å². The standard InChI is InChI=1S/C9H15ClN6O/c1-5(2)16(4-6(11)17)9-14-7(10)13-8(12-3)15-9/h5H,4H2,1-3H3,(H2,11,17)(H,12,13,14,15). The molecule has 1 amide bonds. The molecule has 0 bridgehead atoms. The van der Waals surface area contributed by atoms with Gasteiger partial charge in [-0.15, -0.1) is 0 Å². The Balaban J connectivity index is 3.08. The van der Waals surface area contributed by atoms with Crippen molar-refractivity contribution in [3.05, 3.63) is 5.28 Å². The van der Waals surface area contributed by atoms with Crippen LogP contribution in [0.3, 0.4) is 0 Å². The molecule has 0 atom stereocenters. The average Bonchev–Trinajstić information content (AvgIpc) is 2.24. The highest BCUT2D eigenvalue weighted by Crippen LogP contribution is 2.15. The van der Waals surface area contributed by atoms with Crippen molar-refractivity contribution in [1.82, 2.24) is 15.0 Å². The molecule has 1 rings (SSSR count). The van der Waals surface area contributed by atoms with Gasteiger partial charge in [0.2, 0.25) is 23.1 Å². The molecule has 0 radical (unpaired) electrons. The van der Waals surface area contributed by atoms with E-state index in [1.54, 1.807) is 11.9 Å². The molecule has 0 spiro atoms. The van der Waals surface area contributed by atoms with Crippen molar-refractivity contribution >= 4 is 29.4 Å². The van der Waals surface area contributed by atoms with E-state index in [0.29, 0.717) is 11.9 Å². The molecule has 8 heteroatoms. The summed E-state index contributed by atoms with van der Waals surface area (Å²) in [6, 6.07) is 0.0191. The molecule has 0 fully saturated rings. The molecule has 0 aromatic carbocycles. The Morgan fingerprint density at radius 3 is 2.59 bits per heavy atom. The first-order valence-corrected chi connectivity index (χ1v) is 5.46. The highest BCUT2D eigenvalue weighted by atomic mass is 35.5. The molecule has 1 heterocycles. The van der Waals surface area contributed by atoms with Crippen LogP contribution in [0.1, 0.15) is 13.8 Å². The van der Waals surface area contributed by atoms with E-state index < -0.39 is 5.91 Å². The Morgan fingerprint density at radius 2 is 2.12 bits per heavy atom. The lowest BCUT2D eigenvalue weighted by molar-refractivity contribution is -0.116. The van der Waals surface area contributed by atoms with Crippen molar-refractivity contribution in [3.8, 4) is 0 Å². The van der Waals surface area contributed by atoms with E-state index in [0.717, 1.165) is 0 Å². The van der Waals surface area contributed by atoms with Crippen LogP contribution in [0.25, 0.3) is 0 Å². The molecule has 0 aliphatic heterocycles. The molecule has 17 heavy (non-hydrogen) atoms. The summed E-state index contributed by atoms with van der Waals surface area (Å²) < 4.78 is 0. The number of hydrogen-bond acceptors (Lipinski definition) is 6. The third-order valence-electron chi connectivity index (χ3n) is 2.03. The lowest BCUT2D eigenvalue weighted by atomic mass is 10.3. The van der Waals surface area contributed by atoms with E-state index in [2.05, 4.69) is 20.3 Å². The van der Waals surface area contributed by atoms with Crippen molar-refractivity contribution in [2.45, 2.75) is 19.9 Å². The van der Waals surface area contributed by atoms with Crippen LogP contribution in [0.15, 0.2) is 0 Å². The van der Waals surface area contributed by atoms with E-state index in [4.69, 9.17) is 17.3 Å². The quantitative estimate of drug-likeness (QED) is 0.787. The van der Waals surface area contributed by atoms with Gasteiger partial charge in [0.1, 0.15) is 0 Å². The summed E-state index contributed by atoms with van der Waals surface area (Å²) in [7, 11) is 1.67. The van der Waals surface area contributed by atoms with Crippen molar-refractivity contribution < 1.29 is 4.79 Å². The van der Waals surface area contributed by atoms with Crippen molar-refractivity contribution in [2.24, 2.45) is 5.73 Å². The largest absolute Gasteiger partial charge is 0.368 e. The minimum absolute atomic E-state index is 0.0191. The number of nitrogens with two attached hydrogens (primary N) is 1. The monoisotopic (exact) mass is 258 g/mol. The number of hydrogen-bond donors (Lipinski definition) is 2. The molecule has 0 saturated heterocycles. The minimum atomic E-state index is -0.457. The van der Waals surface area contributed by atoms with Gasteiger partial charge < -0.3 is 16.0 Å². The van der Waals surface area contributed by atoms with Gasteiger partial charge in [0.05, 0.1) is 6.54 Å². The number of carbonyl (C=O) groups is 1. The number of nitrogens with zero attached hydrogens (tertiary/aromatic N) is 4. The first-order valence-electron chi connectivity index (χ1n) is 5.08. The van der Waals surface area contributed by atoms with Gasteiger partial charge in [-0.1, -0.05) is 0 Å². The molecule has 3 N–H and O–H groups in total. The summed E-state index contributed by atoms with van der Waals surface area (Å²) in [5.74, 6) is 0.208. The SMILES string of the molecule is CNc1nc(Cl)nc(N(CC(N)=O)C(C)C)n1. The van der Waals surface area contributed by atoms with Gasteiger partial charge in [0.25, 0.3) is 0 Å². The van der Waals surface area contributed by atoms with Crippen LogP contribution in [0.2, 0.25) is 5.28 Å². The second-order valence-electron chi connectivity index (χ2n) is 3.67. The zero-order chi connectivity index (χ0) is 13.0. The van der Waals surface area contributed by atoms with Crippen LogP contribution < -0.4 is 16.0 Å². The number of anilines is 2. The number of primary amides is 1. The number of amides is 1. The molecule has 1 aromatic rings. The number of nitrogens with one attached hydrogen (secondary N) is 1. The molecule has 1 aromatic heterocycles. The van der Waals surface area contributed by atoms with E-state index in [1.165, 1.54) is 0 Å². The molecule has 0 aliphatic carbocycles. The van der Waals surface area contributed by atoms with Crippen molar-refractivity contribution in [2.75, 3.05) is 23.8 Å². The summed E-state index contributed by atoms with van der Waals surface area (Å²) in [6.07, 6.45) is 0. The third-order valence-corrected chi connectivity index (χ3v) is 2.20. The first kappa shape index (κ1) is 13.4. The lowest BCUT2D eigenvalue weighted by Gasteiger charge is -2.25. The van der Waals surface area contributed by atoms with Gasteiger partial charge in [0.15, 0.2) is 0 Å². The third kappa shape index (κ3) is 3.70. The molecular formula is C9H15ClN6O. The number of aromatic nitrogens is 3. The van der Waals surface area contributed by atoms with Crippen LogP contribution in [0.5, 0.6) is 0 Å². The van der Waals surface area contributed by atoms with E-state index in [-0.39, 0.29) is 17.9 Å².